The first-order chi connectivity index (χ1) is 8.42. The highest BCUT2D eigenvalue weighted by Crippen LogP contribution is 2.15. The van der Waals surface area contributed by atoms with E-state index in [-0.39, 0.29) is 5.75 Å². The highest BCUT2D eigenvalue weighted by atomic mass is 32.2. The lowest BCUT2D eigenvalue weighted by atomic mass is 10.0. The molecule has 18 heavy (non-hydrogen) atoms. The minimum Gasteiger partial charge on any atom is -0.357 e. The Hall–Kier alpha value is -0.780. The minimum absolute atomic E-state index is 0.116. The molecular weight excluding hydrogens is 250 g/mol. The summed E-state index contributed by atoms with van der Waals surface area (Å²) in [5, 5.41) is 3.24. The van der Waals surface area contributed by atoms with Crippen molar-refractivity contribution in [1.29, 1.82) is 0 Å². The predicted octanol–water partition coefficient (Wildman–Crippen LogP) is 0.728. The average molecular weight is 275 g/mol. The molecule has 0 aromatic carbocycles. The number of sulfone groups is 1. The Balaban J connectivity index is 2.60. The maximum atomic E-state index is 11.1. The van der Waals surface area contributed by atoms with E-state index in [1.807, 2.05) is 6.92 Å². The zero-order valence-corrected chi connectivity index (χ0v) is 12.5. The molecule has 0 aromatic rings. The number of nitrogens with one attached hydrogen (secondary N) is 1. The van der Waals surface area contributed by atoms with Gasteiger partial charge in [-0.2, -0.15) is 0 Å². The van der Waals surface area contributed by atoms with Gasteiger partial charge >= 0.3 is 0 Å². The quantitative estimate of drug-likeness (QED) is 0.607. The molecule has 1 fully saturated rings. The Labute approximate surface area is 111 Å². The first kappa shape index (κ1) is 15.3. The van der Waals surface area contributed by atoms with Gasteiger partial charge in [-0.3, -0.25) is 4.99 Å². The molecule has 0 spiro atoms. The normalized spacial score (nSPS) is 22.1. The Morgan fingerprint density at radius 1 is 1.50 bits per heavy atom. The van der Waals surface area contributed by atoms with E-state index in [1.165, 1.54) is 19.1 Å². The number of likely N-dealkylation sites (tertiary alicyclic amines) is 1. The first-order valence-corrected chi connectivity index (χ1v) is 8.69. The Morgan fingerprint density at radius 2 is 2.22 bits per heavy atom. The fourth-order valence-corrected chi connectivity index (χ4v) is 2.55. The molecular formula is C12H25N3O2S. The molecule has 1 N–H and O–H groups in total. The van der Waals surface area contributed by atoms with Gasteiger partial charge in [-0.05, 0) is 25.7 Å². The van der Waals surface area contributed by atoms with Crippen molar-refractivity contribution in [2.75, 3.05) is 38.2 Å². The summed E-state index contributed by atoms with van der Waals surface area (Å²) < 4.78 is 22.2. The molecule has 106 valence electrons. The predicted molar refractivity (Wildman–Crippen MR) is 75.7 cm³/mol. The van der Waals surface area contributed by atoms with Crippen LogP contribution >= 0.6 is 0 Å². The smallest absolute Gasteiger partial charge is 0.193 e. The van der Waals surface area contributed by atoms with Crippen molar-refractivity contribution in [3.8, 4) is 0 Å². The molecule has 1 rings (SSSR count). The summed E-state index contributed by atoms with van der Waals surface area (Å²) in [6.45, 7) is 7.43. The van der Waals surface area contributed by atoms with Gasteiger partial charge in [0.2, 0.25) is 0 Å². The van der Waals surface area contributed by atoms with Crippen LogP contribution in [-0.2, 0) is 9.84 Å². The zero-order chi connectivity index (χ0) is 13.6. The SMILES string of the molecule is CCNC(=NCCS(C)(=O)=O)N1CCCC(C)C1. The minimum atomic E-state index is -2.93. The van der Waals surface area contributed by atoms with Crippen molar-refractivity contribution >= 4 is 15.8 Å². The summed E-state index contributed by atoms with van der Waals surface area (Å²) in [6.07, 6.45) is 3.69. The van der Waals surface area contributed by atoms with Crippen molar-refractivity contribution < 1.29 is 8.42 Å². The van der Waals surface area contributed by atoms with Crippen molar-refractivity contribution in [2.45, 2.75) is 26.7 Å². The van der Waals surface area contributed by atoms with Crippen LogP contribution in [0.25, 0.3) is 0 Å². The van der Waals surface area contributed by atoms with Gasteiger partial charge < -0.3 is 10.2 Å². The fraction of sp³-hybridized carbons (Fsp3) is 0.917. The van der Waals surface area contributed by atoms with E-state index in [9.17, 15) is 8.42 Å². The van der Waals surface area contributed by atoms with Crippen LogP contribution in [0.3, 0.4) is 0 Å². The second-order valence-corrected chi connectivity index (χ2v) is 7.32. The molecule has 0 aliphatic carbocycles. The molecule has 0 saturated carbocycles. The Bertz CT molecular complexity index is 379. The van der Waals surface area contributed by atoms with Gasteiger partial charge in [-0.25, -0.2) is 8.42 Å². The van der Waals surface area contributed by atoms with Crippen LogP contribution in [0.1, 0.15) is 26.7 Å². The number of nitrogens with zero attached hydrogens (tertiary/aromatic N) is 2. The Morgan fingerprint density at radius 3 is 2.78 bits per heavy atom. The summed E-state index contributed by atoms with van der Waals surface area (Å²) >= 11 is 0. The van der Waals surface area contributed by atoms with Crippen molar-refractivity contribution in [2.24, 2.45) is 10.9 Å². The van der Waals surface area contributed by atoms with Gasteiger partial charge in [0.15, 0.2) is 5.96 Å². The van der Waals surface area contributed by atoms with Gasteiger partial charge in [-0.15, -0.1) is 0 Å². The summed E-state index contributed by atoms with van der Waals surface area (Å²) in [6, 6.07) is 0. The Kier molecular flexibility index (Phi) is 5.91. The topological polar surface area (TPSA) is 61.8 Å². The van der Waals surface area contributed by atoms with Crippen molar-refractivity contribution in [3.05, 3.63) is 0 Å². The van der Waals surface area contributed by atoms with Gasteiger partial charge in [0.05, 0.1) is 12.3 Å². The number of piperidine rings is 1. The lowest BCUT2D eigenvalue weighted by Crippen LogP contribution is -2.46. The summed E-state index contributed by atoms with van der Waals surface area (Å²) in [5.74, 6) is 1.65. The number of rotatable bonds is 4. The van der Waals surface area contributed by atoms with Crippen LogP contribution in [0.15, 0.2) is 4.99 Å². The summed E-state index contributed by atoms with van der Waals surface area (Å²) in [7, 11) is -2.93. The summed E-state index contributed by atoms with van der Waals surface area (Å²) in [5.41, 5.74) is 0. The highest BCUT2D eigenvalue weighted by Gasteiger charge is 2.19. The van der Waals surface area contributed by atoms with Crippen LogP contribution in [0.2, 0.25) is 0 Å². The molecule has 1 aliphatic heterocycles. The standard InChI is InChI=1S/C12H25N3O2S/c1-4-13-12(14-7-9-18(3,16)17)15-8-5-6-11(2)10-15/h11H,4-10H2,1-3H3,(H,13,14). The van der Waals surface area contributed by atoms with E-state index in [0.29, 0.717) is 12.5 Å². The van der Waals surface area contributed by atoms with Crippen molar-refractivity contribution in [3.63, 3.8) is 0 Å². The largest absolute Gasteiger partial charge is 0.357 e. The molecule has 1 heterocycles. The third-order valence-corrected chi connectivity index (χ3v) is 3.94. The van der Waals surface area contributed by atoms with Gasteiger partial charge in [-0.1, -0.05) is 6.92 Å². The van der Waals surface area contributed by atoms with Gasteiger partial charge in [0.25, 0.3) is 0 Å². The maximum absolute atomic E-state index is 11.1. The maximum Gasteiger partial charge on any atom is 0.193 e. The average Bonchev–Trinajstić information content (AvgIpc) is 2.26. The fourth-order valence-electron chi connectivity index (χ4n) is 2.12. The van der Waals surface area contributed by atoms with E-state index < -0.39 is 9.84 Å². The van der Waals surface area contributed by atoms with Gasteiger partial charge in [0, 0.05) is 25.9 Å². The van der Waals surface area contributed by atoms with Crippen LogP contribution in [0, 0.1) is 5.92 Å². The molecule has 6 heteroatoms. The third kappa shape index (κ3) is 5.71. The van der Waals surface area contributed by atoms with E-state index in [2.05, 4.69) is 22.1 Å². The van der Waals surface area contributed by atoms with Crippen molar-refractivity contribution in [1.82, 2.24) is 10.2 Å². The number of hydrogen-bond acceptors (Lipinski definition) is 3. The molecule has 1 saturated heterocycles. The molecule has 1 unspecified atom stereocenters. The molecule has 0 amide bonds. The molecule has 5 nitrogen and oxygen atoms in total. The van der Waals surface area contributed by atoms with E-state index in [4.69, 9.17) is 0 Å². The monoisotopic (exact) mass is 275 g/mol. The van der Waals surface area contributed by atoms with E-state index in [1.54, 1.807) is 0 Å². The van der Waals surface area contributed by atoms with E-state index in [0.717, 1.165) is 25.6 Å². The van der Waals surface area contributed by atoms with Gasteiger partial charge in [0.1, 0.15) is 9.84 Å². The third-order valence-electron chi connectivity index (χ3n) is 3.02. The number of aliphatic imine (C=N–C) groups is 1. The zero-order valence-electron chi connectivity index (χ0n) is 11.6. The molecule has 1 aliphatic rings. The van der Waals surface area contributed by atoms with Crippen LogP contribution in [-0.4, -0.2) is 57.5 Å². The first-order valence-electron chi connectivity index (χ1n) is 6.63. The van der Waals surface area contributed by atoms with Crippen LogP contribution in [0.5, 0.6) is 0 Å². The lowest BCUT2D eigenvalue weighted by molar-refractivity contribution is 0.266. The second kappa shape index (κ2) is 6.97. The number of hydrogen-bond donors (Lipinski definition) is 1. The second-order valence-electron chi connectivity index (χ2n) is 5.06. The highest BCUT2D eigenvalue weighted by molar-refractivity contribution is 7.90. The van der Waals surface area contributed by atoms with E-state index >= 15 is 0 Å². The molecule has 1 atom stereocenters. The summed E-state index contributed by atoms with van der Waals surface area (Å²) in [4.78, 5) is 6.65. The van der Waals surface area contributed by atoms with Crippen LogP contribution < -0.4 is 5.32 Å². The molecule has 0 radical (unpaired) electrons. The molecule has 0 bridgehead atoms. The molecule has 0 aromatic heterocycles. The van der Waals surface area contributed by atoms with Crippen LogP contribution in [0.4, 0.5) is 0 Å². The number of guanidine groups is 1. The lowest BCUT2D eigenvalue weighted by Gasteiger charge is -2.33.